The minimum absolute atomic E-state index is 0.128. The molecule has 0 bridgehead atoms. The molecule has 0 radical (unpaired) electrons. The lowest BCUT2D eigenvalue weighted by Crippen LogP contribution is -2.29. The number of hydrogen-bond donors (Lipinski definition) is 0. The van der Waals surface area contributed by atoms with Gasteiger partial charge in [0.25, 0.3) is 0 Å². The van der Waals surface area contributed by atoms with Gasteiger partial charge < -0.3 is 4.74 Å². The Morgan fingerprint density at radius 1 is 0.958 bits per heavy atom. The highest BCUT2D eigenvalue weighted by Gasteiger charge is 2.33. The van der Waals surface area contributed by atoms with Gasteiger partial charge in [0, 0.05) is 6.42 Å². The van der Waals surface area contributed by atoms with E-state index in [-0.39, 0.29) is 5.97 Å². The zero-order chi connectivity index (χ0) is 17.3. The summed E-state index contributed by atoms with van der Waals surface area (Å²) < 4.78 is 5.40. The predicted molar refractivity (Wildman–Crippen MR) is 101 cm³/mol. The minimum atomic E-state index is -0.128. The summed E-state index contributed by atoms with van der Waals surface area (Å²) in [4.78, 5) is 11.6. The van der Waals surface area contributed by atoms with E-state index in [2.05, 4.69) is 19.1 Å². The maximum atomic E-state index is 11.6. The van der Waals surface area contributed by atoms with Crippen LogP contribution in [0, 0.1) is 0 Å². The van der Waals surface area contributed by atoms with Crippen molar-refractivity contribution < 1.29 is 9.53 Å². The largest absolute Gasteiger partial charge is 0.427 e. The first kappa shape index (κ1) is 19.0. The molecule has 1 aliphatic carbocycles. The first-order valence-corrected chi connectivity index (χ1v) is 10.0. The van der Waals surface area contributed by atoms with Crippen LogP contribution in [0.3, 0.4) is 0 Å². The first-order chi connectivity index (χ1) is 11.7. The number of rotatable bonds is 9. The Labute approximate surface area is 148 Å². The molecule has 1 saturated carbocycles. The topological polar surface area (TPSA) is 26.3 Å². The standard InChI is InChI=1S/C22H34O2/c1-3-5-6-8-16-22(17-9-7-10-18-22)19-12-14-20(15-13-19)24-21(23)11-4-2/h12-15H,3-11,16-18H2,1-2H3. The fourth-order valence-corrected chi connectivity index (χ4v) is 4.06. The molecule has 0 N–H and O–H groups in total. The molecule has 0 aliphatic heterocycles. The summed E-state index contributed by atoms with van der Waals surface area (Å²) in [5.41, 5.74) is 1.81. The van der Waals surface area contributed by atoms with Crippen molar-refractivity contribution in [2.75, 3.05) is 0 Å². The van der Waals surface area contributed by atoms with E-state index < -0.39 is 0 Å². The SMILES string of the molecule is CCCCCCC1(c2ccc(OC(=O)CCC)cc2)CCCCC1. The van der Waals surface area contributed by atoms with Crippen LogP contribution < -0.4 is 4.74 Å². The molecule has 1 aromatic carbocycles. The van der Waals surface area contributed by atoms with Gasteiger partial charge in [-0.05, 0) is 48.8 Å². The summed E-state index contributed by atoms with van der Waals surface area (Å²) in [6, 6.07) is 8.40. The third-order valence-corrected chi connectivity index (χ3v) is 5.47. The molecule has 2 nitrogen and oxygen atoms in total. The van der Waals surface area contributed by atoms with Crippen molar-refractivity contribution in [2.45, 2.75) is 96.3 Å². The summed E-state index contributed by atoms with van der Waals surface area (Å²) in [5.74, 6) is 0.561. The Morgan fingerprint density at radius 2 is 1.67 bits per heavy atom. The normalized spacial score (nSPS) is 16.8. The molecule has 1 fully saturated rings. The molecule has 0 amide bonds. The van der Waals surface area contributed by atoms with Crippen molar-refractivity contribution in [3.8, 4) is 5.75 Å². The lowest BCUT2D eigenvalue weighted by atomic mass is 9.66. The van der Waals surface area contributed by atoms with Gasteiger partial charge in [0.2, 0.25) is 0 Å². The summed E-state index contributed by atoms with van der Waals surface area (Å²) in [5, 5.41) is 0. The van der Waals surface area contributed by atoms with Crippen molar-refractivity contribution in [3.63, 3.8) is 0 Å². The van der Waals surface area contributed by atoms with E-state index in [0.29, 0.717) is 17.6 Å². The van der Waals surface area contributed by atoms with Gasteiger partial charge in [-0.3, -0.25) is 4.79 Å². The maximum absolute atomic E-state index is 11.6. The number of ether oxygens (including phenoxy) is 1. The highest BCUT2D eigenvalue weighted by Crippen LogP contribution is 2.43. The van der Waals surface area contributed by atoms with Gasteiger partial charge >= 0.3 is 5.97 Å². The molecule has 24 heavy (non-hydrogen) atoms. The number of carbonyl (C=O) groups excluding carboxylic acids is 1. The fourth-order valence-electron chi connectivity index (χ4n) is 4.06. The molecular weight excluding hydrogens is 296 g/mol. The molecular formula is C22H34O2. The molecule has 2 heteroatoms. The Morgan fingerprint density at radius 3 is 2.29 bits per heavy atom. The van der Waals surface area contributed by atoms with E-state index in [0.717, 1.165) is 6.42 Å². The third-order valence-electron chi connectivity index (χ3n) is 5.47. The molecule has 1 aliphatic rings. The Balaban J connectivity index is 2.04. The van der Waals surface area contributed by atoms with Crippen molar-refractivity contribution in [2.24, 2.45) is 0 Å². The smallest absolute Gasteiger partial charge is 0.311 e. The quantitative estimate of drug-likeness (QED) is 0.291. The molecule has 2 rings (SSSR count). The third kappa shape index (κ3) is 5.36. The molecule has 1 aromatic rings. The Kier molecular flexibility index (Phi) is 7.81. The first-order valence-electron chi connectivity index (χ1n) is 10.0. The molecule has 0 unspecified atom stereocenters. The Hall–Kier alpha value is -1.31. The lowest BCUT2D eigenvalue weighted by molar-refractivity contribution is -0.134. The fraction of sp³-hybridized carbons (Fsp3) is 0.682. The highest BCUT2D eigenvalue weighted by molar-refractivity contribution is 5.72. The van der Waals surface area contributed by atoms with Crippen LogP contribution in [0.4, 0.5) is 0 Å². The van der Waals surface area contributed by atoms with Crippen molar-refractivity contribution in [3.05, 3.63) is 29.8 Å². The highest BCUT2D eigenvalue weighted by atomic mass is 16.5. The van der Waals surface area contributed by atoms with Gasteiger partial charge in [-0.2, -0.15) is 0 Å². The molecule has 0 aromatic heterocycles. The summed E-state index contributed by atoms with van der Waals surface area (Å²) >= 11 is 0. The van der Waals surface area contributed by atoms with Gasteiger partial charge in [0.1, 0.15) is 5.75 Å². The molecule has 0 saturated heterocycles. The van der Waals surface area contributed by atoms with Gasteiger partial charge in [-0.1, -0.05) is 70.9 Å². The number of hydrogen-bond acceptors (Lipinski definition) is 2. The van der Waals surface area contributed by atoms with E-state index in [4.69, 9.17) is 4.74 Å². The second-order valence-electron chi connectivity index (χ2n) is 7.40. The molecule has 0 spiro atoms. The van der Waals surface area contributed by atoms with Crippen LogP contribution in [0.25, 0.3) is 0 Å². The average molecular weight is 331 g/mol. The van der Waals surface area contributed by atoms with E-state index in [9.17, 15) is 4.79 Å². The van der Waals surface area contributed by atoms with E-state index in [1.807, 2.05) is 19.1 Å². The monoisotopic (exact) mass is 330 g/mol. The van der Waals surface area contributed by atoms with Gasteiger partial charge in [-0.25, -0.2) is 0 Å². The predicted octanol–water partition coefficient (Wildman–Crippen LogP) is 6.56. The van der Waals surface area contributed by atoms with Crippen LogP contribution in [0.5, 0.6) is 5.75 Å². The van der Waals surface area contributed by atoms with E-state index >= 15 is 0 Å². The van der Waals surface area contributed by atoms with Crippen LogP contribution in [0.1, 0.15) is 96.5 Å². The van der Waals surface area contributed by atoms with Crippen LogP contribution in [0.2, 0.25) is 0 Å². The number of esters is 1. The summed E-state index contributed by atoms with van der Waals surface area (Å²) in [6.45, 7) is 4.27. The van der Waals surface area contributed by atoms with Crippen LogP contribution in [-0.4, -0.2) is 5.97 Å². The Bertz CT molecular complexity index is 483. The van der Waals surface area contributed by atoms with E-state index in [1.165, 1.54) is 69.8 Å². The lowest BCUT2D eigenvalue weighted by Gasteiger charge is -2.38. The summed E-state index contributed by atoms with van der Waals surface area (Å²) in [7, 11) is 0. The molecule has 134 valence electrons. The van der Waals surface area contributed by atoms with Crippen molar-refractivity contribution >= 4 is 5.97 Å². The van der Waals surface area contributed by atoms with Crippen LogP contribution >= 0.6 is 0 Å². The molecule has 0 heterocycles. The summed E-state index contributed by atoms with van der Waals surface area (Å²) in [6.07, 6.45) is 14.7. The average Bonchev–Trinajstić information content (AvgIpc) is 2.60. The van der Waals surface area contributed by atoms with Crippen molar-refractivity contribution in [1.82, 2.24) is 0 Å². The van der Waals surface area contributed by atoms with Crippen molar-refractivity contribution in [1.29, 1.82) is 0 Å². The second-order valence-corrected chi connectivity index (χ2v) is 7.40. The van der Waals surface area contributed by atoms with Crippen LogP contribution in [-0.2, 0) is 10.2 Å². The minimum Gasteiger partial charge on any atom is -0.427 e. The zero-order valence-corrected chi connectivity index (χ0v) is 15.6. The van der Waals surface area contributed by atoms with Crippen LogP contribution in [0.15, 0.2) is 24.3 Å². The number of carbonyl (C=O) groups is 1. The zero-order valence-electron chi connectivity index (χ0n) is 15.6. The number of unbranched alkanes of at least 4 members (excludes halogenated alkanes) is 3. The second kappa shape index (κ2) is 9.86. The van der Waals surface area contributed by atoms with Gasteiger partial charge in [0.15, 0.2) is 0 Å². The van der Waals surface area contributed by atoms with E-state index in [1.54, 1.807) is 0 Å². The maximum Gasteiger partial charge on any atom is 0.311 e. The van der Waals surface area contributed by atoms with Gasteiger partial charge in [0.05, 0.1) is 0 Å². The molecule has 0 atom stereocenters. The number of benzene rings is 1. The van der Waals surface area contributed by atoms with Gasteiger partial charge in [-0.15, -0.1) is 0 Å².